The number of hydrogen-bond donors (Lipinski definition) is 0. The summed E-state index contributed by atoms with van der Waals surface area (Å²) in [5.74, 6) is 0.000839. The van der Waals surface area contributed by atoms with Crippen molar-refractivity contribution < 1.29 is 0 Å². The summed E-state index contributed by atoms with van der Waals surface area (Å²) >= 11 is 1.71. The molecule has 1 nitrogen and oxygen atoms in total. The zero-order valence-electron chi connectivity index (χ0n) is 7.24. The molecule has 1 unspecified atom stereocenters. The summed E-state index contributed by atoms with van der Waals surface area (Å²) in [6.07, 6.45) is 2.04. The first-order valence-electron chi connectivity index (χ1n) is 3.81. The Bertz CT molecular complexity index is 284. The molecular weight excluding hydrogens is 166 g/mol. The van der Waals surface area contributed by atoms with Gasteiger partial charge in [0.1, 0.15) is 0 Å². The summed E-state index contributed by atoms with van der Waals surface area (Å²) in [6, 6.07) is 10.3. The summed E-state index contributed by atoms with van der Waals surface area (Å²) in [6.45, 7) is 1.91. The average Bonchev–Trinajstić information content (AvgIpc) is 2.17. The van der Waals surface area contributed by atoms with Crippen molar-refractivity contribution in [3.8, 4) is 6.07 Å². The standard InChI is InChI=1S/C10H11NS/c1-8(7-11)9-3-5-10(12-2)6-4-9/h3-6,8H,1-2H3. The SMILES string of the molecule is CSc1ccc(C(C)C#N)cc1. The maximum absolute atomic E-state index is 8.66. The minimum Gasteiger partial charge on any atom is -0.198 e. The van der Waals surface area contributed by atoms with Crippen LogP contribution in [0.5, 0.6) is 0 Å². The fourth-order valence-electron chi connectivity index (χ4n) is 0.967. The molecule has 12 heavy (non-hydrogen) atoms. The highest BCUT2D eigenvalue weighted by Gasteiger charge is 2.01. The van der Waals surface area contributed by atoms with Crippen molar-refractivity contribution in [3.05, 3.63) is 29.8 Å². The van der Waals surface area contributed by atoms with Gasteiger partial charge in [0.25, 0.3) is 0 Å². The van der Waals surface area contributed by atoms with Crippen LogP contribution < -0.4 is 0 Å². The van der Waals surface area contributed by atoms with Gasteiger partial charge >= 0.3 is 0 Å². The summed E-state index contributed by atoms with van der Waals surface area (Å²) in [5, 5.41) is 8.66. The molecule has 0 bridgehead atoms. The van der Waals surface area contributed by atoms with Gasteiger partial charge in [-0.3, -0.25) is 0 Å². The number of thioether (sulfide) groups is 1. The Hall–Kier alpha value is -0.940. The maximum atomic E-state index is 8.66. The first-order chi connectivity index (χ1) is 5.77. The first-order valence-corrected chi connectivity index (χ1v) is 5.04. The summed E-state index contributed by atoms with van der Waals surface area (Å²) < 4.78 is 0. The Morgan fingerprint density at radius 2 is 1.92 bits per heavy atom. The largest absolute Gasteiger partial charge is 0.198 e. The predicted octanol–water partition coefficient (Wildman–Crippen LogP) is 3.04. The first kappa shape index (κ1) is 9.15. The second-order valence-corrected chi connectivity index (χ2v) is 3.50. The van der Waals surface area contributed by atoms with Gasteiger partial charge in [-0.1, -0.05) is 12.1 Å². The van der Waals surface area contributed by atoms with E-state index in [0.717, 1.165) is 5.56 Å². The summed E-state index contributed by atoms with van der Waals surface area (Å²) in [7, 11) is 0. The lowest BCUT2D eigenvalue weighted by atomic mass is 10.0. The van der Waals surface area contributed by atoms with Crippen molar-refractivity contribution >= 4 is 11.8 Å². The van der Waals surface area contributed by atoms with Crippen LogP contribution in [-0.4, -0.2) is 6.26 Å². The zero-order valence-corrected chi connectivity index (χ0v) is 8.06. The molecule has 0 amide bonds. The summed E-state index contributed by atoms with van der Waals surface area (Å²) in [5.41, 5.74) is 1.09. The quantitative estimate of drug-likeness (QED) is 0.648. The molecule has 0 fully saturated rings. The molecule has 0 N–H and O–H groups in total. The van der Waals surface area contributed by atoms with Gasteiger partial charge in [-0.05, 0) is 30.9 Å². The molecule has 0 radical (unpaired) electrons. The highest BCUT2D eigenvalue weighted by Crippen LogP contribution is 2.19. The van der Waals surface area contributed by atoms with Crippen molar-refractivity contribution in [2.24, 2.45) is 0 Å². The number of benzene rings is 1. The minimum absolute atomic E-state index is 0.000839. The fraction of sp³-hybridized carbons (Fsp3) is 0.300. The van der Waals surface area contributed by atoms with E-state index in [1.54, 1.807) is 11.8 Å². The van der Waals surface area contributed by atoms with Crippen LogP contribution in [0.1, 0.15) is 18.4 Å². The normalized spacial score (nSPS) is 12.1. The van der Waals surface area contributed by atoms with Crippen LogP contribution in [0.15, 0.2) is 29.2 Å². The molecule has 0 aliphatic rings. The van der Waals surface area contributed by atoms with E-state index in [2.05, 4.69) is 6.07 Å². The Kier molecular flexibility index (Phi) is 3.19. The molecule has 0 saturated heterocycles. The van der Waals surface area contributed by atoms with E-state index in [9.17, 15) is 0 Å². The van der Waals surface area contributed by atoms with Crippen molar-refractivity contribution in [3.63, 3.8) is 0 Å². The van der Waals surface area contributed by atoms with Crippen LogP contribution in [0.2, 0.25) is 0 Å². The monoisotopic (exact) mass is 177 g/mol. The molecule has 1 aromatic carbocycles. The third kappa shape index (κ3) is 2.02. The number of hydrogen-bond acceptors (Lipinski definition) is 2. The topological polar surface area (TPSA) is 23.8 Å². The van der Waals surface area contributed by atoms with Gasteiger partial charge in [0, 0.05) is 4.90 Å². The Morgan fingerprint density at radius 1 is 1.33 bits per heavy atom. The molecule has 0 spiro atoms. The number of nitriles is 1. The van der Waals surface area contributed by atoms with E-state index in [1.807, 2.05) is 37.4 Å². The van der Waals surface area contributed by atoms with Crippen molar-refractivity contribution in [1.29, 1.82) is 5.26 Å². The van der Waals surface area contributed by atoms with Crippen LogP contribution in [0.25, 0.3) is 0 Å². The molecule has 0 aliphatic carbocycles. The van der Waals surface area contributed by atoms with E-state index in [0.29, 0.717) is 0 Å². The lowest BCUT2D eigenvalue weighted by Gasteiger charge is -2.02. The van der Waals surface area contributed by atoms with Crippen LogP contribution >= 0.6 is 11.8 Å². The molecule has 0 aromatic heterocycles. The second-order valence-electron chi connectivity index (χ2n) is 2.62. The smallest absolute Gasteiger partial charge is 0.0700 e. The van der Waals surface area contributed by atoms with Gasteiger partial charge in [0.2, 0.25) is 0 Å². The lowest BCUT2D eigenvalue weighted by Crippen LogP contribution is -1.87. The van der Waals surface area contributed by atoms with Crippen molar-refractivity contribution in [1.82, 2.24) is 0 Å². The fourth-order valence-corrected chi connectivity index (χ4v) is 1.38. The molecule has 0 heterocycles. The lowest BCUT2D eigenvalue weighted by molar-refractivity contribution is 0.978. The second kappa shape index (κ2) is 4.18. The number of nitrogens with zero attached hydrogens (tertiary/aromatic N) is 1. The van der Waals surface area contributed by atoms with E-state index in [-0.39, 0.29) is 5.92 Å². The van der Waals surface area contributed by atoms with E-state index >= 15 is 0 Å². The molecular formula is C10H11NS. The molecule has 0 aliphatic heterocycles. The molecule has 62 valence electrons. The van der Waals surface area contributed by atoms with Crippen LogP contribution in [0.4, 0.5) is 0 Å². The molecule has 1 rings (SSSR count). The highest BCUT2D eigenvalue weighted by atomic mass is 32.2. The van der Waals surface area contributed by atoms with Gasteiger partial charge in [0.05, 0.1) is 12.0 Å². The third-order valence-corrected chi connectivity index (χ3v) is 2.55. The molecule has 0 saturated carbocycles. The third-order valence-electron chi connectivity index (χ3n) is 1.81. The van der Waals surface area contributed by atoms with Crippen LogP contribution in [-0.2, 0) is 0 Å². The van der Waals surface area contributed by atoms with Gasteiger partial charge in [-0.25, -0.2) is 0 Å². The Morgan fingerprint density at radius 3 is 2.33 bits per heavy atom. The van der Waals surface area contributed by atoms with E-state index in [4.69, 9.17) is 5.26 Å². The molecule has 1 aromatic rings. The van der Waals surface area contributed by atoms with E-state index in [1.165, 1.54) is 4.90 Å². The average molecular weight is 177 g/mol. The van der Waals surface area contributed by atoms with Gasteiger partial charge in [-0.15, -0.1) is 11.8 Å². The Labute approximate surface area is 77.4 Å². The van der Waals surface area contributed by atoms with E-state index < -0.39 is 0 Å². The molecule has 2 heteroatoms. The number of rotatable bonds is 2. The van der Waals surface area contributed by atoms with Crippen molar-refractivity contribution in [2.45, 2.75) is 17.7 Å². The van der Waals surface area contributed by atoms with Gasteiger partial charge in [-0.2, -0.15) is 5.26 Å². The Balaban J connectivity index is 2.86. The highest BCUT2D eigenvalue weighted by molar-refractivity contribution is 7.98. The maximum Gasteiger partial charge on any atom is 0.0700 e. The van der Waals surface area contributed by atoms with Crippen molar-refractivity contribution in [2.75, 3.05) is 6.26 Å². The van der Waals surface area contributed by atoms with Crippen LogP contribution in [0, 0.1) is 11.3 Å². The predicted molar refractivity (Wildman–Crippen MR) is 52.3 cm³/mol. The molecule has 1 atom stereocenters. The summed E-state index contributed by atoms with van der Waals surface area (Å²) in [4.78, 5) is 1.24. The van der Waals surface area contributed by atoms with Crippen LogP contribution in [0.3, 0.4) is 0 Å². The zero-order chi connectivity index (χ0) is 8.97. The minimum atomic E-state index is 0.000839. The van der Waals surface area contributed by atoms with Gasteiger partial charge in [0.15, 0.2) is 0 Å². The van der Waals surface area contributed by atoms with Gasteiger partial charge < -0.3 is 0 Å².